The van der Waals surface area contributed by atoms with E-state index in [1.165, 1.54) is 0 Å². The molecule has 1 aliphatic rings. The van der Waals surface area contributed by atoms with Crippen molar-refractivity contribution in [1.82, 2.24) is 4.90 Å². The van der Waals surface area contributed by atoms with Gasteiger partial charge in [0.05, 0.1) is 0 Å². The van der Waals surface area contributed by atoms with Crippen LogP contribution in [0.2, 0.25) is 0 Å². The van der Waals surface area contributed by atoms with Gasteiger partial charge in [-0.05, 0) is 33.1 Å². The predicted molar refractivity (Wildman–Crippen MR) is 56.3 cm³/mol. The van der Waals surface area contributed by atoms with Gasteiger partial charge in [-0.15, -0.1) is 0 Å². The molecule has 1 rings (SSSR count). The zero-order valence-corrected chi connectivity index (χ0v) is 9.39. The monoisotopic (exact) mass is 203 g/mol. The summed E-state index contributed by atoms with van der Waals surface area (Å²) in [6.07, 6.45) is 2.43. The summed E-state index contributed by atoms with van der Waals surface area (Å²) >= 11 is 0. The molecule has 0 unspecified atom stereocenters. The summed E-state index contributed by atoms with van der Waals surface area (Å²) < 4.78 is 18.7. The molecule has 0 N–H and O–H groups in total. The van der Waals surface area contributed by atoms with Gasteiger partial charge in [-0.2, -0.15) is 0 Å². The van der Waals surface area contributed by atoms with Gasteiger partial charge < -0.3 is 9.64 Å². The first-order valence-electron chi connectivity index (χ1n) is 5.63. The lowest BCUT2D eigenvalue weighted by atomic mass is 9.96. The first-order chi connectivity index (χ1) is 6.64. The number of rotatable bonds is 5. The highest BCUT2D eigenvalue weighted by atomic mass is 19.1. The molecule has 0 saturated carbocycles. The zero-order valence-electron chi connectivity index (χ0n) is 9.39. The Hall–Kier alpha value is -0.150. The van der Waals surface area contributed by atoms with E-state index in [0.717, 1.165) is 39.3 Å². The van der Waals surface area contributed by atoms with Crippen molar-refractivity contribution >= 4 is 0 Å². The lowest BCUT2D eigenvalue weighted by molar-refractivity contribution is 0.0657. The second-order valence-corrected chi connectivity index (χ2v) is 4.31. The number of likely N-dealkylation sites (tertiary alicyclic amines) is 1. The van der Waals surface area contributed by atoms with E-state index in [2.05, 4.69) is 4.90 Å². The van der Waals surface area contributed by atoms with Crippen LogP contribution in [-0.2, 0) is 4.74 Å². The first-order valence-corrected chi connectivity index (χ1v) is 5.63. The molecule has 0 aromatic heterocycles. The van der Waals surface area contributed by atoms with E-state index in [0.29, 0.717) is 12.8 Å². The van der Waals surface area contributed by atoms with Crippen molar-refractivity contribution in [2.45, 2.75) is 38.8 Å². The second kappa shape index (κ2) is 5.66. The molecule has 0 aliphatic carbocycles. The maximum Gasteiger partial charge on any atom is 0.110 e. The topological polar surface area (TPSA) is 12.5 Å². The highest BCUT2D eigenvalue weighted by molar-refractivity contribution is 4.81. The summed E-state index contributed by atoms with van der Waals surface area (Å²) in [5.41, 5.74) is -0.920. The zero-order chi connectivity index (χ0) is 10.4. The fourth-order valence-electron chi connectivity index (χ4n) is 1.78. The maximum atomic E-state index is 13.4. The van der Waals surface area contributed by atoms with Crippen LogP contribution in [0.25, 0.3) is 0 Å². The van der Waals surface area contributed by atoms with Crippen molar-refractivity contribution in [2.75, 3.05) is 32.8 Å². The normalized spacial score (nSPS) is 22.5. The van der Waals surface area contributed by atoms with Crippen molar-refractivity contribution in [3.8, 4) is 0 Å². The van der Waals surface area contributed by atoms with Crippen LogP contribution in [0.4, 0.5) is 4.39 Å². The fraction of sp³-hybridized carbons (Fsp3) is 1.00. The summed E-state index contributed by atoms with van der Waals surface area (Å²) in [6, 6.07) is 0. The lowest BCUT2D eigenvalue weighted by Gasteiger charge is -2.34. The Labute approximate surface area is 86.4 Å². The molecule has 1 fully saturated rings. The summed E-state index contributed by atoms with van der Waals surface area (Å²) in [5, 5.41) is 0. The number of halogens is 1. The third-order valence-electron chi connectivity index (χ3n) is 2.87. The van der Waals surface area contributed by atoms with Crippen LogP contribution in [0.15, 0.2) is 0 Å². The van der Waals surface area contributed by atoms with Crippen molar-refractivity contribution in [3.05, 3.63) is 0 Å². The summed E-state index contributed by atoms with van der Waals surface area (Å²) in [7, 11) is 0. The van der Waals surface area contributed by atoms with Crippen molar-refractivity contribution in [1.29, 1.82) is 0 Å². The Morgan fingerprint density at radius 1 is 1.36 bits per heavy atom. The Kier molecular flexibility index (Phi) is 4.82. The molecule has 3 heteroatoms. The minimum atomic E-state index is -0.920. The third-order valence-corrected chi connectivity index (χ3v) is 2.87. The molecule has 1 saturated heterocycles. The molecular formula is C11H22FNO. The Balaban J connectivity index is 2.04. The van der Waals surface area contributed by atoms with Gasteiger partial charge in [0.15, 0.2) is 0 Å². The average Bonchev–Trinajstić information content (AvgIpc) is 2.15. The van der Waals surface area contributed by atoms with E-state index in [-0.39, 0.29) is 0 Å². The van der Waals surface area contributed by atoms with Gasteiger partial charge in [-0.25, -0.2) is 4.39 Å². The van der Waals surface area contributed by atoms with Crippen LogP contribution in [0.5, 0.6) is 0 Å². The molecule has 1 heterocycles. The number of hydrogen-bond donors (Lipinski definition) is 0. The molecule has 0 aromatic carbocycles. The SMILES string of the molecule is CCOCCCN1CCC(C)(F)CC1. The molecule has 0 atom stereocenters. The van der Waals surface area contributed by atoms with E-state index < -0.39 is 5.67 Å². The molecule has 1 aliphatic heterocycles. The Morgan fingerprint density at radius 2 is 2.00 bits per heavy atom. The third kappa shape index (κ3) is 4.38. The molecule has 84 valence electrons. The van der Waals surface area contributed by atoms with E-state index >= 15 is 0 Å². The van der Waals surface area contributed by atoms with Crippen molar-refractivity contribution in [2.24, 2.45) is 0 Å². The van der Waals surface area contributed by atoms with E-state index in [1.807, 2.05) is 6.92 Å². The highest BCUT2D eigenvalue weighted by Gasteiger charge is 2.28. The minimum absolute atomic E-state index is 0.682. The minimum Gasteiger partial charge on any atom is -0.382 e. The maximum absolute atomic E-state index is 13.4. The largest absolute Gasteiger partial charge is 0.382 e. The van der Waals surface area contributed by atoms with Crippen molar-refractivity contribution < 1.29 is 9.13 Å². The van der Waals surface area contributed by atoms with Crippen LogP contribution in [0, 0.1) is 0 Å². The summed E-state index contributed by atoms with van der Waals surface area (Å²) in [5.74, 6) is 0. The number of piperidine rings is 1. The highest BCUT2D eigenvalue weighted by Crippen LogP contribution is 2.25. The number of ether oxygens (including phenoxy) is 1. The van der Waals surface area contributed by atoms with Gasteiger partial charge in [-0.3, -0.25) is 0 Å². The summed E-state index contributed by atoms with van der Waals surface area (Å²) in [4.78, 5) is 2.33. The van der Waals surface area contributed by atoms with Crippen molar-refractivity contribution in [3.63, 3.8) is 0 Å². The lowest BCUT2D eigenvalue weighted by Crippen LogP contribution is -2.40. The standard InChI is InChI=1S/C11H22FNO/c1-3-14-10-4-7-13-8-5-11(2,12)6-9-13/h3-10H2,1-2H3. The number of nitrogens with zero attached hydrogens (tertiary/aromatic N) is 1. The van der Waals surface area contributed by atoms with Crippen LogP contribution >= 0.6 is 0 Å². The predicted octanol–water partition coefficient (Wildman–Crippen LogP) is 2.24. The van der Waals surface area contributed by atoms with E-state index in [1.54, 1.807) is 6.92 Å². The van der Waals surface area contributed by atoms with Crippen LogP contribution in [0.3, 0.4) is 0 Å². The molecule has 0 amide bonds. The molecule has 0 bridgehead atoms. The molecule has 0 aromatic rings. The average molecular weight is 203 g/mol. The fourth-order valence-corrected chi connectivity index (χ4v) is 1.78. The first kappa shape index (κ1) is 11.9. The van der Waals surface area contributed by atoms with Gasteiger partial charge in [0.25, 0.3) is 0 Å². The van der Waals surface area contributed by atoms with Gasteiger partial charge in [0, 0.05) is 32.8 Å². The number of alkyl halides is 1. The quantitative estimate of drug-likeness (QED) is 0.635. The summed E-state index contributed by atoms with van der Waals surface area (Å²) in [6.45, 7) is 8.21. The van der Waals surface area contributed by atoms with Crippen LogP contribution in [-0.4, -0.2) is 43.4 Å². The molecule has 2 nitrogen and oxygen atoms in total. The Morgan fingerprint density at radius 3 is 2.57 bits per heavy atom. The molecular weight excluding hydrogens is 181 g/mol. The molecule has 0 radical (unpaired) electrons. The molecule has 0 spiro atoms. The Bertz CT molecular complexity index is 151. The van der Waals surface area contributed by atoms with Gasteiger partial charge in [0.2, 0.25) is 0 Å². The van der Waals surface area contributed by atoms with Gasteiger partial charge in [0.1, 0.15) is 5.67 Å². The van der Waals surface area contributed by atoms with Gasteiger partial charge in [-0.1, -0.05) is 0 Å². The number of hydrogen-bond acceptors (Lipinski definition) is 2. The van der Waals surface area contributed by atoms with Gasteiger partial charge >= 0.3 is 0 Å². The van der Waals surface area contributed by atoms with E-state index in [9.17, 15) is 4.39 Å². The van der Waals surface area contributed by atoms with Crippen LogP contribution < -0.4 is 0 Å². The van der Waals surface area contributed by atoms with E-state index in [4.69, 9.17) is 4.74 Å². The smallest absolute Gasteiger partial charge is 0.110 e. The van der Waals surface area contributed by atoms with Crippen LogP contribution in [0.1, 0.15) is 33.1 Å². The molecule has 14 heavy (non-hydrogen) atoms. The second-order valence-electron chi connectivity index (χ2n) is 4.31.